The first kappa shape index (κ1) is 22.0. The number of benzene rings is 1. The minimum absolute atomic E-state index is 0. The summed E-state index contributed by atoms with van der Waals surface area (Å²) in [6, 6.07) is 8.24. The maximum atomic E-state index is 6.04. The zero-order chi connectivity index (χ0) is 18.6. The molecule has 3 rings (SSSR count). The largest absolute Gasteiger partial charge is 0.444 e. The molecule has 2 aromatic rings. The SMILES string of the molecule is CCNC(=NCc1nc(C)c(C)o1)NCC1(c2ccc(Cl)cc2)CCC1.I. The van der Waals surface area contributed by atoms with Gasteiger partial charge in [-0.1, -0.05) is 30.2 Å². The Labute approximate surface area is 183 Å². The predicted octanol–water partition coefficient (Wildman–Crippen LogP) is 4.74. The lowest BCUT2D eigenvalue weighted by Gasteiger charge is -2.43. The van der Waals surface area contributed by atoms with Gasteiger partial charge in [-0.25, -0.2) is 9.98 Å². The van der Waals surface area contributed by atoms with Crippen LogP contribution in [-0.4, -0.2) is 24.0 Å². The van der Waals surface area contributed by atoms with Crippen molar-refractivity contribution in [3.05, 3.63) is 52.2 Å². The molecule has 1 heterocycles. The van der Waals surface area contributed by atoms with Crippen LogP contribution < -0.4 is 10.6 Å². The summed E-state index contributed by atoms with van der Waals surface area (Å²) < 4.78 is 5.61. The maximum Gasteiger partial charge on any atom is 0.216 e. The minimum atomic E-state index is 0. The summed E-state index contributed by atoms with van der Waals surface area (Å²) in [7, 11) is 0. The molecular formula is C20H28ClIN4O. The van der Waals surface area contributed by atoms with E-state index in [0.29, 0.717) is 12.4 Å². The Balaban J connectivity index is 0.00000261. The van der Waals surface area contributed by atoms with E-state index in [0.717, 1.165) is 35.5 Å². The fourth-order valence-electron chi connectivity index (χ4n) is 3.32. The van der Waals surface area contributed by atoms with Crippen LogP contribution in [0.5, 0.6) is 0 Å². The predicted molar refractivity (Wildman–Crippen MR) is 121 cm³/mol. The number of aryl methyl sites for hydroxylation is 2. The smallest absolute Gasteiger partial charge is 0.216 e. The van der Waals surface area contributed by atoms with Gasteiger partial charge in [0.2, 0.25) is 5.89 Å². The van der Waals surface area contributed by atoms with Crippen molar-refractivity contribution in [3.8, 4) is 0 Å². The number of rotatable bonds is 6. The van der Waals surface area contributed by atoms with E-state index in [1.165, 1.54) is 24.8 Å². The summed E-state index contributed by atoms with van der Waals surface area (Å²) in [6.45, 7) is 8.02. The molecule has 1 aliphatic rings. The van der Waals surface area contributed by atoms with E-state index < -0.39 is 0 Å². The molecule has 0 bridgehead atoms. The number of guanidine groups is 1. The zero-order valence-corrected chi connectivity index (χ0v) is 19.2. The molecule has 0 spiro atoms. The summed E-state index contributed by atoms with van der Waals surface area (Å²) in [5.74, 6) is 2.29. The molecule has 2 N–H and O–H groups in total. The van der Waals surface area contributed by atoms with E-state index in [1.54, 1.807) is 0 Å². The van der Waals surface area contributed by atoms with Crippen molar-refractivity contribution < 1.29 is 4.42 Å². The molecule has 1 aromatic carbocycles. The number of oxazole rings is 1. The van der Waals surface area contributed by atoms with Crippen LogP contribution >= 0.6 is 35.6 Å². The van der Waals surface area contributed by atoms with Crippen molar-refractivity contribution in [1.82, 2.24) is 15.6 Å². The molecule has 0 amide bonds. The number of hydrogen-bond acceptors (Lipinski definition) is 3. The van der Waals surface area contributed by atoms with Gasteiger partial charge in [0.1, 0.15) is 12.3 Å². The van der Waals surface area contributed by atoms with Crippen molar-refractivity contribution in [1.29, 1.82) is 0 Å². The molecule has 1 aliphatic carbocycles. The Hall–Kier alpha value is -1.28. The number of nitrogens with zero attached hydrogens (tertiary/aromatic N) is 2. The molecule has 7 heteroatoms. The topological polar surface area (TPSA) is 62.5 Å². The third-order valence-corrected chi connectivity index (χ3v) is 5.40. The molecular weight excluding hydrogens is 475 g/mol. The first-order chi connectivity index (χ1) is 12.5. The maximum absolute atomic E-state index is 6.04. The second-order valence-electron chi connectivity index (χ2n) is 6.94. The van der Waals surface area contributed by atoms with Crippen LogP contribution in [0.1, 0.15) is 49.1 Å². The second kappa shape index (κ2) is 9.78. The van der Waals surface area contributed by atoms with Gasteiger partial charge in [-0.2, -0.15) is 0 Å². The van der Waals surface area contributed by atoms with Gasteiger partial charge in [0.25, 0.3) is 0 Å². The Kier molecular flexibility index (Phi) is 7.97. The summed E-state index contributed by atoms with van der Waals surface area (Å²) in [5, 5.41) is 7.59. The van der Waals surface area contributed by atoms with E-state index in [-0.39, 0.29) is 29.4 Å². The van der Waals surface area contributed by atoms with Crippen molar-refractivity contribution in [2.75, 3.05) is 13.1 Å². The van der Waals surface area contributed by atoms with E-state index in [1.807, 2.05) is 26.0 Å². The van der Waals surface area contributed by atoms with Gasteiger partial charge in [0.05, 0.1) is 5.69 Å². The monoisotopic (exact) mass is 502 g/mol. The average molecular weight is 503 g/mol. The Morgan fingerprint density at radius 1 is 1.22 bits per heavy atom. The van der Waals surface area contributed by atoms with Gasteiger partial charge in [0.15, 0.2) is 5.96 Å². The molecule has 0 unspecified atom stereocenters. The lowest BCUT2D eigenvalue weighted by molar-refractivity contribution is 0.244. The van der Waals surface area contributed by atoms with E-state index in [9.17, 15) is 0 Å². The van der Waals surface area contributed by atoms with E-state index in [2.05, 4.69) is 39.7 Å². The Morgan fingerprint density at radius 3 is 2.44 bits per heavy atom. The highest BCUT2D eigenvalue weighted by Gasteiger charge is 2.38. The molecule has 148 valence electrons. The van der Waals surface area contributed by atoms with Crippen LogP contribution in [0.2, 0.25) is 5.02 Å². The molecule has 0 atom stereocenters. The van der Waals surface area contributed by atoms with E-state index >= 15 is 0 Å². The molecule has 0 radical (unpaired) electrons. The van der Waals surface area contributed by atoms with Crippen LogP contribution in [0.15, 0.2) is 33.7 Å². The van der Waals surface area contributed by atoms with Crippen molar-refractivity contribution in [2.45, 2.75) is 52.0 Å². The van der Waals surface area contributed by atoms with Gasteiger partial charge in [-0.15, -0.1) is 24.0 Å². The standard InChI is InChI=1S/C20H27ClN4O.HI/c1-4-22-19(23-12-18-25-14(2)15(3)26-18)24-13-20(10-5-11-20)16-6-8-17(21)9-7-16;/h6-9H,4-5,10-13H2,1-3H3,(H2,22,23,24);1H. The first-order valence-corrected chi connectivity index (χ1v) is 9.61. The third-order valence-electron chi connectivity index (χ3n) is 5.15. The summed E-state index contributed by atoms with van der Waals surface area (Å²) in [4.78, 5) is 9.02. The number of hydrogen-bond donors (Lipinski definition) is 2. The van der Waals surface area contributed by atoms with Gasteiger partial charge in [-0.3, -0.25) is 0 Å². The van der Waals surface area contributed by atoms with Crippen LogP contribution in [0, 0.1) is 13.8 Å². The number of nitrogens with one attached hydrogen (secondary N) is 2. The van der Waals surface area contributed by atoms with Crippen LogP contribution in [-0.2, 0) is 12.0 Å². The average Bonchev–Trinajstić information content (AvgIpc) is 2.91. The molecule has 27 heavy (non-hydrogen) atoms. The van der Waals surface area contributed by atoms with E-state index in [4.69, 9.17) is 16.0 Å². The van der Waals surface area contributed by atoms with Crippen LogP contribution in [0.25, 0.3) is 0 Å². The highest BCUT2D eigenvalue weighted by Crippen LogP contribution is 2.43. The lowest BCUT2D eigenvalue weighted by Crippen LogP contribution is -2.48. The van der Waals surface area contributed by atoms with Gasteiger partial charge < -0.3 is 15.1 Å². The number of aromatic nitrogens is 1. The number of aliphatic imine (C=N–C) groups is 1. The van der Waals surface area contributed by atoms with Gasteiger partial charge >= 0.3 is 0 Å². The molecule has 1 aromatic heterocycles. The normalized spacial score (nSPS) is 15.6. The molecule has 1 saturated carbocycles. The fraction of sp³-hybridized carbons (Fsp3) is 0.500. The lowest BCUT2D eigenvalue weighted by atomic mass is 9.64. The fourth-order valence-corrected chi connectivity index (χ4v) is 3.45. The Morgan fingerprint density at radius 2 is 1.93 bits per heavy atom. The molecule has 0 saturated heterocycles. The van der Waals surface area contributed by atoms with Gasteiger partial charge in [0, 0.05) is 23.5 Å². The third kappa shape index (κ3) is 5.38. The van der Waals surface area contributed by atoms with Crippen LogP contribution in [0.4, 0.5) is 0 Å². The minimum Gasteiger partial charge on any atom is -0.444 e. The van der Waals surface area contributed by atoms with Crippen molar-refractivity contribution in [3.63, 3.8) is 0 Å². The summed E-state index contributed by atoms with van der Waals surface area (Å²) >= 11 is 6.04. The quantitative estimate of drug-likeness (QED) is 0.340. The van der Waals surface area contributed by atoms with Crippen LogP contribution in [0.3, 0.4) is 0 Å². The molecule has 0 aliphatic heterocycles. The highest BCUT2D eigenvalue weighted by atomic mass is 127. The molecule has 1 fully saturated rings. The second-order valence-corrected chi connectivity index (χ2v) is 7.38. The highest BCUT2D eigenvalue weighted by molar-refractivity contribution is 14.0. The zero-order valence-electron chi connectivity index (χ0n) is 16.1. The van der Waals surface area contributed by atoms with Crippen molar-refractivity contribution >= 4 is 41.5 Å². The summed E-state index contributed by atoms with van der Waals surface area (Å²) in [5.41, 5.74) is 2.43. The first-order valence-electron chi connectivity index (χ1n) is 9.23. The summed E-state index contributed by atoms with van der Waals surface area (Å²) in [6.07, 6.45) is 3.62. The van der Waals surface area contributed by atoms with Crippen molar-refractivity contribution in [2.24, 2.45) is 4.99 Å². The van der Waals surface area contributed by atoms with Gasteiger partial charge in [-0.05, 0) is 51.3 Å². The number of halogens is 2. The molecule has 5 nitrogen and oxygen atoms in total. The Bertz CT molecular complexity index is 749.